The van der Waals surface area contributed by atoms with Gasteiger partial charge in [-0.2, -0.15) is 0 Å². The Hall–Kier alpha value is -1.94. The Bertz CT molecular complexity index is 728. The molecule has 2 aromatic heterocycles. The highest BCUT2D eigenvalue weighted by molar-refractivity contribution is 7.22. The lowest BCUT2D eigenvalue weighted by Gasteiger charge is -1.97. The van der Waals surface area contributed by atoms with Crippen LogP contribution in [-0.2, 0) is 0 Å². The van der Waals surface area contributed by atoms with Crippen molar-refractivity contribution < 1.29 is 0 Å². The van der Waals surface area contributed by atoms with Crippen LogP contribution >= 0.6 is 11.3 Å². The molecule has 3 nitrogen and oxygen atoms in total. The number of nitrogens with one attached hydrogen (secondary N) is 1. The summed E-state index contributed by atoms with van der Waals surface area (Å²) in [7, 11) is 0. The molecule has 0 aliphatic rings. The fraction of sp³-hybridized carbons (Fsp3) is 0.0769. The molecule has 3 rings (SSSR count). The lowest BCUT2D eigenvalue weighted by atomic mass is 10.1. The average molecular weight is 242 g/mol. The molecule has 0 atom stereocenters. The van der Waals surface area contributed by atoms with Crippen LogP contribution in [0.1, 0.15) is 5.56 Å². The maximum Gasteiger partial charge on any atom is 0.259 e. The second kappa shape index (κ2) is 3.82. The Labute approximate surface area is 102 Å². The van der Waals surface area contributed by atoms with Crippen molar-refractivity contribution in [1.82, 2.24) is 9.97 Å². The van der Waals surface area contributed by atoms with E-state index < -0.39 is 0 Å². The highest BCUT2D eigenvalue weighted by Crippen LogP contribution is 2.34. The molecule has 3 aromatic rings. The minimum atomic E-state index is -0.0640. The van der Waals surface area contributed by atoms with Crippen molar-refractivity contribution in [2.24, 2.45) is 0 Å². The second-order valence-electron chi connectivity index (χ2n) is 3.83. The fourth-order valence-corrected chi connectivity index (χ4v) is 3.10. The largest absolute Gasteiger partial charge is 0.313 e. The van der Waals surface area contributed by atoms with Crippen LogP contribution in [0.3, 0.4) is 0 Å². The van der Waals surface area contributed by atoms with Gasteiger partial charge in [0, 0.05) is 4.88 Å². The number of H-pyrrole nitrogens is 1. The third-order valence-corrected chi connectivity index (χ3v) is 4.02. The number of hydrogen-bond acceptors (Lipinski definition) is 3. The molecule has 0 fully saturated rings. The van der Waals surface area contributed by atoms with Crippen LogP contribution in [0, 0.1) is 6.92 Å². The van der Waals surface area contributed by atoms with E-state index in [0.29, 0.717) is 5.39 Å². The second-order valence-corrected chi connectivity index (χ2v) is 4.83. The van der Waals surface area contributed by atoms with Gasteiger partial charge in [-0.3, -0.25) is 4.79 Å². The first-order valence-electron chi connectivity index (χ1n) is 5.29. The smallest absolute Gasteiger partial charge is 0.259 e. The van der Waals surface area contributed by atoms with Crippen LogP contribution < -0.4 is 5.56 Å². The van der Waals surface area contributed by atoms with Gasteiger partial charge >= 0.3 is 0 Å². The first kappa shape index (κ1) is 10.2. The van der Waals surface area contributed by atoms with Crippen LogP contribution in [0.15, 0.2) is 41.5 Å². The van der Waals surface area contributed by atoms with Crippen molar-refractivity contribution in [3.8, 4) is 10.4 Å². The van der Waals surface area contributed by atoms with Gasteiger partial charge in [-0.1, -0.05) is 30.3 Å². The molecule has 84 valence electrons. The van der Waals surface area contributed by atoms with Gasteiger partial charge in [0.25, 0.3) is 5.56 Å². The molecular weight excluding hydrogens is 232 g/mol. The van der Waals surface area contributed by atoms with E-state index in [-0.39, 0.29) is 5.56 Å². The molecule has 2 heterocycles. The first-order valence-corrected chi connectivity index (χ1v) is 6.11. The van der Waals surface area contributed by atoms with Crippen LogP contribution in [0.2, 0.25) is 0 Å². The predicted octanol–water partition coefficient (Wildman–Crippen LogP) is 2.96. The first-order chi connectivity index (χ1) is 8.27. The average Bonchev–Trinajstić information content (AvgIpc) is 2.69. The van der Waals surface area contributed by atoms with E-state index in [4.69, 9.17) is 0 Å². The molecule has 0 saturated heterocycles. The SMILES string of the molecule is Cc1c(-c2ccccc2)sc2nc[nH]c(=O)c12. The van der Waals surface area contributed by atoms with E-state index in [2.05, 4.69) is 9.97 Å². The van der Waals surface area contributed by atoms with E-state index in [0.717, 1.165) is 20.8 Å². The maximum atomic E-state index is 11.8. The van der Waals surface area contributed by atoms with E-state index in [1.54, 1.807) is 11.3 Å². The molecule has 0 spiro atoms. The van der Waals surface area contributed by atoms with Crippen molar-refractivity contribution in [3.63, 3.8) is 0 Å². The van der Waals surface area contributed by atoms with Crippen LogP contribution in [0.25, 0.3) is 20.7 Å². The number of thiophene rings is 1. The Morgan fingerprint density at radius 2 is 2.00 bits per heavy atom. The summed E-state index contributed by atoms with van der Waals surface area (Å²) >= 11 is 1.56. The summed E-state index contributed by atoms with van der Waals surface area (Å²) in [6, 6.07) is 10.1. The number of hydrogen-bond donors (Lipinski definition) is 1. The van der Waals surface area contributed by atoms with Gasteiger partial charge in [-0.25, -0.2) is 4.98 Å². The third-order valence-electron chi connectivity index (χ3n) is 2.77. The zero-order chi connectivity index (χ0) is 11.8. The van der Waals surface area contributed by atoms with Gasteiger partial charge < -0.3 is 4.98 Å². The molecule has 17 heavy (non-hydrogen) atoms. The summed E-state index contributed by atoms with van der Waals surface area (Å²) in [6.07, 6.45) is 1.45. The molecule has 0 saturated carbocycles. The molecule has 4 heteroatoms. The van der Waals surface area contributed by atoms with Crippen LogP contribution in [-0.4, -0.2) is 9.97 Å². The van der Waals surface area contributed by atoms with E-state index >= 15 is 0 Å². The Morgan fingerprint density at radius 3 is 2.71 bits per heavy atom. The van der Waals surface area contributed by atoms with Crippen molar-refractivity contribution in [3.05, 3.63) is 52.6 Å². The topological polar surface area (TPSA) is 45.8 Å². The quantitative estimate of drug-likeness (QED) is 0.713. The molecule has 0 aliphatic heterocycles. The van der Waals surface area contributed by atoms with Crippen molar-refractivity contribution in [2.75, 3.05) is 0 Å². The van der Waals surface area contributed by atoms with Crippen molar-refractivity contribution >= 4 is 21.6 Å². The summed E-state index contributed by atoms with van der Waals surface area (Å²) in [6.45, 7) is 1.97. The van der Waals surface area contributed by atoms with Gasteiger partial charge in [0.2, 0.25) is 0 Å². The molecule has 1 N–H and O–H groups in total. The maximum absolute atomic E-state index is 11.8. The van der Waals surface area contributed by atoms with Crippen LogP contribution in [0.4, 0.5) is 0 Å². The zero-order valence-electron chi connectivity index (χ0n) is 9.23. The highest BCUT2D eigenvalue weighted by Gasteiger charge is 2.13. The number of aromatic amines is 1. The van der Waals surface area contributed by atoms with Crippen molar-refractivity contribution in [2.45, 2.75) is 6.92 Å². The summed E-state index contributed by atoms with van der Waals surface area (Å²) in [5, 5.41) is 0.705. The Balaban J connectivity index is 2.37. The molecule has 0 aliphatic carbocycles. The number of aryl methyl sites for hydroxylation is 1. The number of aromatic nitrogens is 2. The molecular formula is C13H10N2OS. The third kappa shape index (κ3) is 1.57. The summed E-state index contributed by atoms with van der Waals surface area (Å²) in [5.74, 6) is 0. The lowest BCUT2D eigenvalue weighted by Crippen LogP contribution is -2.05. The van der Waals surface area contributed by atoms with Crippen molar-refractivity contribution in [1.29, 1.82) is 0 Å². The molecule has 0 unspecified atom stereocenters. The van der Waals surface area contributed by atoms with Crippen LogP contribution in [0.5, 0.6) is 0 Å². The van der Waals surface area contributed by atoms with Gasteiger partial charge in [-0.15, -0.1) is 11.3 Å². The summed E-state index contributed by atoms with van der Waals surface area (Å²) < 4.78 is 0. The number of benzene rings is 1. The van der Waals surface area contributed by atoms with E-state index in [1.807, 2.05) is 37.3 Å². The number of rotatable bonds is 1. The molecule has 1 aromatic carbocycles. The minimum absolute atomic E-state index is 0.0640. The molecule has 0 bridgehead atoms. The Morgan fingerprint density at radius 1 is 1.24 bits per heavy atom. The van der Waals surface area contributed by atoms with Gasteiger partial charge in [0.1, 0.15) is 4.83 Å². The minimum Gasteiger partial charge on any atom is -0.313 e. The monoisotopic (exact) mass is 242 g/mol. The number of nitrogens with zero attached hydrogens (tertiary/aromatic N) is 1. The normalized spacial score (nSPS) is 10.9. The summed E-state index contributed by atoms with van der Waals surface area (Å²) in [4.78, 5) is 20.5. The zero-order valence-corrected chi connectivity index (χ0v) is 10.0. The summed E-state index contributed by atoms with van der Waals surface area (Å²) in [5.41, 5.74) is 2.07. The fourth-order valence-electron chi connectivity index (χ4n) is 1.94. The van der Waals surface area contributed by atoms with E-state index in [1.165, 1.54) is 6.33 Å². The standard InChI is InChI=1S/C13H10N2OS/c1-8-10-12(16)14-7-15-13(10)17-11(8)9-5-3-2-4-6-9/h2-7H,1H3,(H,14,15,16). The molecule has 0 amide bonds. The highest BCUT2D eigenvalue weighted by atomic mass is 32.1. The predicted molar refractivity (Wildman–Crippen MR) is 70.4 cm³/mol. The lowest BCUT2D eigenvalue weighted by molar-refractivity contribution is 1.18. The Kier molecular flexibility index (Phi) is 2.30. The molecule has 0 radical (unpaired) electrons. The van der Waals surface area contributed by atoms with Gasteiger partial charge in [0.05, 0.1) is 11.7 Å². The van der Waals surface area contributed by atoms with Gasteiger partial charge in [-0.05, 0) is 18.1 Å². The van der Waals surface area contributed by atoms with E-state index in [9.17, 15) is 4.79 Å². The van der Waals surface area contributed by atoms with Gasteiger partial charge in [0.15, 0.2) is 0 Å². The number of fused-ring (bicyclic) bond motifs is 1.